The van der Waals surface area contributed by atoms with E-state index in [1.165, 1.54) is 13.2 Å². The molecule has 9 heteroatoms. The monoisotopic (exact) mass is 386 g/mol. The summed E-state index contributed by atoms with van der Waals surface area (Å²) in [5.74, 6) is -0.783. The average molecular weight is 387 g/mol. The van der Waals surface area contributed by atoms with E-state index in [9.17, 15) is 15.0 Å². The van der Waals surface area contributed by atoms with E-state index in [1.807, 2.05) is 0 Å². The number of benzene rings is 1. The number of phenols is 1. The fraction of sp³-hybridized carbons (Fsp3) is 0.154. The van der Waals surface area contributed by atoms with E-state index in [2.05, 4.69) is 26.1 Å². The standard InChI is InChI=1S/C13H11BrN2O5S/c1-6-15-16-13(21-6)22-10(12(18)19)4-7-3-8(14)5-9(20-2)11(7)17/h3-5,17H,1-2H3,(H,18,19)/b10-4-. The Hall–Kier alpha value is -2.00. The van der Waals surface area contributed by atoms with Crippen molar-refractivity contribution >= 4 is 39.7 Å². The highest BCUT2D eigenvalue weighted by atomic mass is 79.9. The second-order valence-electron chi connectivity index (χ2n) is 4.05. The van der Waals surface area contributed by atoms with E-state index < -0.39 is 5.97 Å². The van der Waals surface area contributed by atoms with Crippen LogP contribution in [-0.4, -0.2) is 33.5 Å². The van der Waals surface area contributed by atoms with Gasteiger partial charge in [-0.1, -0.05) is 15.9 Å². The summed E-state index contributed by atoms with van der Waals surface area (Å²) < 4.78 is 10.8. The number of phenolic OH excluding ortho intramolecular Hbond substituents is 1. The molecule has 0 saturated heterocycles. The SMILES string of the molecule is COc1cc(Br)cc(/C=C(\Sc2nnc(C)o2)C(=O)O)c1O. The quantitative estimate of drug-likeness (QED) is 0.596. The minimum Gasteiger partial charge on any atom is -0.504 e. The molecule has 1 heterocycles. The number of aromatic nitrogens is 2. The van der Waals surface area contributed by atoms with Gasteiger partial charge in [0.1, 0.15) is 4.91 Å². The second kappa shape index (κ2) is 6.84. The Balaban J connectivity index is 2.42. The van der Waals surface area contributed by atoms with E-state index in [-0.39, 0.29) is 27.2 Å². The predicted octanol–water partition coefficient (Wildman–Crippen LogP) is 3.07. The third kappa shape index (κ3) is 3.80. The van der Waals surface area contributed by atoms with Crippen molar-refractivity contribution in [1.29, 1.82) is 0 Å². The lowest BCUT2D eigenvalue weighted by molar-refractivity contribution is -0.131. The first-order valence-corrected chi connectivity index (χ1v) is 7.51. The highest BCUT2D eigenvalue weighted by Gasteiger charge is 2.16. The fourth-order valence-electron chi connectivity index (χ4n) is 1.55. The van der Waals surface area contributed by atoms with Crippen LogP contribution in [0.25, 0.3) is 6.08 Å². The number of carbonyl (C=O) groups is 1. The number of hydrogen-bond donors (Lipinski definition) is 2. The molecule has 116 valence electrons. The van der Waals surface area contributed by atoms with Gasteiger partial charge in [-0.2, -0.15) is 0 Å². The van der Waals surface area contributed by atoms with Crippen LogP contribution < -0.4 is 4.74 Å². The summed E-state index contributed by atoms with van der Waals surface area (Å²) in [7, 11) is 1.41. The van der Waals surface area contributed by atoms with E-state index in [4.69, 9.17) is 9.15 Å². The van der Waals surface area contributed by atoms with Gasteiger partial charge in [0.25, 0.3) is 5.22 Å². The molecular weight excluding hydrogens is 376 g/mol. The zero-order chi connectivity index (χ0) is 16.3. The maximum atomic E-state index is 11.4. The minimum absolute atomic E-state index is 0.0842. The smallest absolute Gasteiger partial charge is 0.342 e. The van der Waals surface area contributed by atoms with Crippen LogP contribution in [0.1, 0.15) is 11.5 Å². The van der Waals surface area contributed by atoms with Crippen molar-refractivity contribution in [3.05, 3.63) is 33.0 Å². The van der Waals surface area contributed by atoms with Crippen molar-refractivity contribution in [3.63, 3.8) is 0 Å². The van der Waals surface area contributed by atoms with Crippen LogP contribution in [0, 0.1) is 6.92 Å². The number of aliphatic carboxylic acids is 1. The third-order valence-electron chi connectivity index (χ3n) is 2.49. The Morgan fingerprint density at radius 3 is 2.73 bits per heavy atom. The highest BCUT2D eigenvalue weighted by Crippen LogP contribution is 2.36. The Kier molecular flexibility index (Phi) is 5.09. The molecule has 2 aromatic rings. The number of rotatable bonds is 5. The Labute approximate surface area is 138 Å². The average Bonchev–Trinajstić information content (AvgIpc) is 2.86. The number of nitrogens with zero attached hydrogens (tertiary/aromatic N) is 2. The highest BCUT2D eigenvalue weighted by molar-refractivity contribution is 9.10. The number of aromatic hydroxyl groups is 1. The van der Waals surface area contributed by atoms with Gasteiger partial charge in [-0.15, -0.1) is 10.2 Å². The number of aryl methyl sites for hydroxylation is 1. The van der Waals surface area contributed by atoms with Gasteiger partial charge in [-0.05, 0) is 30.0 Å². The van der Waals surface area contributed by atoms with Gasteiger partial charge in [0.2, 0.25) is 5.89 Å². The summed E-state index contributed by atoms with van der Waals surface area (Å²) >= 11 is 4.06. The van der Waals surface area contributed by atoms with Gasteiger partial charge in [0.05, 0.1) is 7.11 Å². The summed E-state index contributed by atoms with van der Waals surface area (Å²) in [6, 6.07) is 3.14. The first-order valence-electron chi connectivity index (χ1n) is 5.90. The summed E-state index contributed by atoms with van der Waals surface area (Å²) in [5.41, 5.74) is 0.285. The molecule has 0 aliphatic carbocycles. The number of hydrogen-bond acceptors (Lipinski definition) is 7. The molecule has 0 amide bonds. The molecule has 0 radical (unpaired) electrons. The van der Waals surface area contributed by atoms with Crippen LogP contribution in [0.15, 0.2) is 31.2 Å². The van der Waals surface area contributed by atoms with Crippen molar-refractivity contribution in [1.82, 2.24) is 10.2 Å². The molecule has 0 atom stereocenters. The van der Waals surface area contributed by atoms with Crippen LogP contribution in [0.4, 0.5) is 0 Å². The van der Waals surface area contributed by atoms with Gasteiger partial charge >= 0.3 is 5.97 Å². The topological polar surface area (TPSA) is 106 Å². The van der Waals surface area contributed by atoms with Crippen LogP contribution in [0.5, 0.6) is 11.5 Å². The maximum Gasteiger partial charge on any atom is 0.342 e. The van der Waals surface area contributed by atoms with Crippen LogP contribution in [0.2, 0.25) is 0 Å². The predicted molar refractivity (Wildman–Crippen MR) is 82.9 cm³/mol. The molecule has 2 N–H and O–H groups in total. The summed E-state index contributed by atoms with van der Waals surface area (Å²) in [6.07, 6.45) is 1.30. The fourth-order valence-corrected chi connectivity index (χ4v) is 2.71. The number of ether oxygens (including phenoxy) is 1. The molecule has 2 rings (SSSR count). The lowest BCUT2D eigenvalue weighted by atomic mass is 10.1. The van der Waals surface area contributed by atoms with Gasteiger partial charge in [0, 0.05) is 17.0 Å². The zero-order valence-corrected chi connectivity index (χ0v) is 13.9. The Morgan fingerprint density at radius 1 is 1.45 bits per heavy atom. The first kappa shape index (κ1) is 16.4. The van der Waals surface area contributed by atoms with Crippen molar-refractivity contribution in [2.24, 2.45) is 0 Å². The van der Waals surface area contributed by atoms with Crippen molar-refractivity contribution in [2.75, 3.05) is 7.11 Å². The number of methoxy groups -OCH3 is 1. The van der Waals surface area contributed by atoms with E-state index in [0.717, 1.165) is 11.8 Å². The van der Waals surface area contributed by atoms with Gasteiger partial charge in [-0.25, -0.2) is 4.79 Å². The molecule has 0 fully saturated rings. The molecule has 0 aliphatic heterocycles. The van der Waals surface area contributed by atoms with Crippen LogP contribution in [-0.2, 0) is 4.79 Å². The van der Waals surface area contributed by atoms with Crippen LogP contribution in [0.3, 0.4) is 0 Å². The molecule has 7 nitrogen and oxygen atoms in total. The lowest BCUT2D eigenvalue weighted by Crippen LogP contribution is -1.97. The minimum atomic E-state index is -1.18. The molecule has 0 saturated carbocycles. The van der Waals surface area contributed by atoms with Crippen molar-refractivity contribution in [3.8, 4) is 11.5 Å². The van der Waals surface area contributed by atoms with Crippen LogP contribution >= 0.6 is 27.7 Å². The first-order chi connectivity index (χ1) is 10.4. The number of thioether (sulfide) groups is 1. The summed E-state index contributed by atoms with van der Waals surface area (Å²) in [5, 5.41) is 26.8. The van der Waals surface area contributed by atoms with Gasteiger partial charge in [0.15, 0.2) is 11.5 Å². The van der Waals surface area contributed by atoms with E-state index >= 15 is 0 Å². The van der Waals surface area contributed by atoms with Gasteiger partial charge in [-0.3, -0.25) is 0 Å². The number of carboxylic acid groups (broad SMARTS) is 1. The van der Waals surface area contributed by atoms with E-state index in [0.29, 0.717) is 10.4 Å². The molecule has 1 aromatic carbocycles. The molecule has 0 unspecified atom stereocenters. The normalized spacial score (nSPS) is 11.5. The molecule has 0 spiro atoms. The number of carboxylic acids is 1. The molecule has 0 bridgehead atoms. The second-order valence-corrected chi connectivity index (χ2v) is 5.96. The largest absolute Gasteiger partial charge is 0.504 e. The molecule has 0 aliphatic rings. The summed E-state index contributed by atoms with van der Waals surface area (Å²) in [6.45, 7) is 1.60. The van der Waals surface area contributed by atoms with E-state index in [1.54, 1.807) is 19.1 Å². The molecular formula is C13H11BrN2O5S. The zero-order valence-electron chi connectivity index (χ0n) is 11.5. The molecule has 22 heavy (non-hydrogen) atoms. The molecule has 1 aromatic heterocycles. The van der Waals surface area contributed by atoms with Crippen molar-refractivity contribution < 1.29 is 24.2 Å². The number of halogens is 1. The van der Waals surface area contributed by atoms with Crippen molar-refractivity contribution in [2.45, 2.75) is 12.1 Å². The summed E-state index contributed by atoms with van der Waals surface area (Å²) in [4.78, 5) is 11.3. The lowest BCUT2D eigenvalue weighted by Gasteiger charge is -2.08. The Bertz CT molecular complexity index is 744. The third-order valence-corrected chi connectivity index (χ3v) is 3.80. The maximum absolute atomic E-state index is 11.4. The Morgan fingerprint density at radius 2 is 2.18 bits per heavy atom. The van der Waals surface area contributed by atoms with Gasteiger partial charge < -0.3 is 19.4 Å².